The second kappa shape index (κ2) is 8.83. The van der Waals surface area contributed by atoms with E-state index in [9.17, 15) is 4.79 Å². The number of ether oxygens (including phenoxy) is 1. The predicted molar refractivity (Wildman–Crippen MR) is 128 cm³/mol. The molecular weight excluding hydrogens is 404 g/mol. The number of nitrogens with zero attached hydrogens (tertiary/aromatic N) is 1. The number of carbonyl (C=O) groups is 1. The zero-order valence-corrected chi connectivity index (χ0v) is 19.6. The van der Waals surface area contributed by atoms with Gasteiger partial charge >= 0.3 is 0 Å². The van der Waals surface area contributed by atoms with Crippen LogP contribution in [-0.4, -0.2) is 17.5 Å². The summed E-state index contributed by atoms with van der Waals surface area (Å²) in [5.41, 5.74) is 7.14. The van der Waals surface area contributed by atoms with Crippen LogP contribution in [0.2, 0.25) is 0 Å². The number of carbonyl (C=O) groups excluding carboxylic acids is 1. The van der Waals surface area contributed by atoms with Gasteiger partial charge in [-0.2, -0.15) is 0 Å². The molecule has 1 heterocycles. The number of benzene rings is 2. The average molecular weight is 435 g/mol. The van der Waals surface area contributed by atoms with Gasteiger partial charge in [0.2, 0.25) is 0 Å². The second-order valence-electron chi connectivity index (χ2n) is 9.31. The van der Waals surface area contributed by atoms with Gasteiger partial charge in [-0.1, -0.05) is 50.6 Å². The van der Waals surface area contributed by atoms with Crippen molar-refractivity contribution in [2.75, 3.05) is 11.9 Å². The lowest BCUT2D eigenvalue weighted by Gasteiger charge is -2.23. The van der Waals surface area contributed by atoms with Crippen molar-refractivity contribution in [1.82, 2.24) is 4.98 Å². The molecule has 0 atom stereocenters. The third-order valence-corrected chi connectivity index (χ3v) is 6.45. The van der Waals surface area contributed by atoms with E-state index in [4.69, 9.17) is 4.74 Å². The van der Waals surface area contributed by atoms with E-state index in [0.717, 1.165) is 29.0 Å². The first-order valence-corrected chi connectivity index (χ1v) is 11.8. The van der Waals surface area contributed by atoms with Crippen LogP contribution in [0, 0.1) is 6.92 Å². The number of nitrogens with one attached hydrogen (secondary N) is 1. The Balaban J connectivity index is 1.40. The van der Waals surface area contributed by atoms with Gasteiger partial charge in [-0.15, -0.1) is 11.3 Å². The highest BCUT2D eigenvalue weighted by atomic mass is 32.1. The molecule has 1 aromatic heterocycles. The maximum atomic E-state index is 12.5. The molecule has 1 aliphatic carbocycles. The molecule has 1 N–H and O–H groups in total. The fraction of sp³-hybridized carbons (Fsp3) is 0.385. The maximum Gasteiger partial charge on any atom is 0.264 e. The number of hydrogen-bond acceptors (Lipinski definition) is 4. The Hall–Kier alpha value is -2.66. The Labute approximate surface area is 188 Å². The molecule has 5 heteroatoms. The topological polar surface area (TPSA) is 51.2 Å². The van der Waals surface area contributed by atoms with Crippen LogP contribution < -0.4 is 10.1 Å². The first-order chi connectivity index (χ1) is 14.8. The molecular formula is C26H30N2O2S. The van der Waals surface area contributed by atoms with Crippen molar-refractivity contribution < 1.29 is 9.53 Å². The highest BCUT2D eigenvalue weighted by molar-refractivity contribution is 7.14. The van der Waals surface area contributed by atoms with Gasteiger partial charge < -0.3 is 4.74 Å². The van der Waals surface area contributed by atoms with E-state index in [1.54, 1.807) is 0 Å². The average Bonchev–Trinajstić information content (AvgIpc) is 3.20. The van der Waals surface area contributed by atoms with E-state index in [0.29, 0.717) is 5.13 Å². The summed E-state index contributed by atoms with van der Waals surface area (Å²) in [6.07, 6.45) is 4.85. The summed E-state index contributed by atoms with van der Waals surface area (Å²) in [5.74, 6) is 0.550. The Morgan fingerprint density at radius 3 is 2.65 bits per heavy atom. The quantitative estimate of drug-likeness (QED) is 0.512. The van der Waals surface area contributed by atoms with Crippen LogP contribution in [0.4, 0.5) is 5.13 Å². The van der Waals surface area contributed by atoms with Gasteiger partial charge in [0.1, 0.15) is 5.75 Å². The van der Waals surface area contributed by atoms with E-state index in [-0.39, 0.29) is 17.9 Å². The van der Waals surface area contributed by atoms with Crippen LogP contribution in [0.5, 0.6) is 5.75 Å². The Bertz CT molecular complexity index is 1100. The van der Waals surface area contributed by atoms with E-state index in [1.165, 1.54) is 47.3 Å². The van der Waals surface area contributed by atoms with Crippen molar-refractivity contribution in [3.63, 3.8) is 0 Å². The molecule has 3 aromatic rings. The van der Waals surface area contributed by atoms with Crippen LogP contribution in [0.15, 0.2) is 41.8 Å². The number of aryl methyl sites for hydroxylation is 3. The minimum atomic E-state index is -0.202. The number of rotatable bonds is 5. The standard InChI is InChI=1S/C26H30N2O2S/c1-17-9-12-23(21(13-17)26(2,3)4)30-15-24(29)28-25-27-22(16-31-25)20-11-10-18-7-5-6-8-19(18)14-20/h9-14,16H,5-8,15H2,1-4H3,(H,27,28,29). The molecule has 1 aliphatic rings. The SMILES string of the molecule is Cc1ccc(OCC(=O)Nc2nc(-c3ccc4c(c3)CCCC4)cs2)c(C(C)(C)C)c1. The zero-order chi connectivity index (χ0) is 22.0. The third kappa shape index (κ3) is 5.16. The summed E-state index contributed by atoms with van der Waals surface area (Å²) < 4.78 is 5.87. The molecule has 1 amide bonds. The molecule has 0 aliphatic heterocycles. The molecule has 31 heavy (non-hydrogen) atoms. The van der Waals surface area contributed by atoms with Crippen molar-refractivity contribution in [2.45, 2.75) is 58.8 Å². The van der Waals surface area contributed by atoms with Crippen LogP contribution >= 0.6 is 11.3 Å². The molecule has 162 valence electrons. The largest absolute Gasteiger partial charge is 0.483 e. The predicted octanol–water partition coefficient (Wildman–Crippen LogP) is 6.31. The number of hydrogen-bond donors (Lipinski definition) is 1. The molecule has 0 radical (unpaired) electrons. The summed E-state index contributed by atoms with van der Waals surface area (Å²) in [4.78, 5) is 17.1. The number of thiazole rings is 1. The Kier molecular flexibility index (Phi) is 6.15. The summed E-state index contributed by atoms with van der Waals surface area (Å²) in [5, 5.41) is 5.47. The lowest BCUT2D eigenvalue weighted by Crippen LogP contribution is -2.22. The molecule has 0 saturated carbocycles. The Morgan fingerprint density at radius 2 is 1.87 bits per heavy atom. The summed E-state index contributed by atoms with van der Waals surface area (Å²) in [7, 11) is 0. The fourth-order valence-electron chi connectivity index (χ4n) is 4.01. The van der Waals surface area contributed by atoms with E-state index in [1.807, 2.05) is 17.5 Å². The zero-order valence-electron chi connectivity index (χ0n) is 18.7. The van der Waals surface area contributed by atoms with Crippen molar-refractivity contribution in [1.29, 1.82) is 0 Å². The van der Waals surface area contributed by atoms with Crippen molar-refractivity contribution in [3.8, 4) is 17.0 Å². The Morgan fingerprint density at radius 1 is 1.10 bits per heavy atom. The minimum absolute atomic E-state index is 0.0418. The van der Waals surface area contributed by atoms with E-state index < -0.39 is 0 Å². The molecule has 2 aromatic carbocycles. The molecule has 0 spiro atoms. The van der Waals surface area contributed by atoms with Crippen molar-refractivity contribution >= 4 is 22.4 Å². The van der Waals surface area contributed by atoms with E-state index in [2.05, 4.69) is 62.3 Å². The third-order valence-electron chi connectivity index (χ3n) is 5.70. The van der Waals surface area contributed by atoms with Gasteiger partial charge in [0.05, 0.1) is 5.69 Å². The number of aromatic nitrogens is 1. The van der Waals surface area contributed by atoms with Gasteiger partial charge in [0, 0.05) is 10.9 Å². The van der Waals surface area contributed by atoms with Crippen LogP contribution in [0.1, 0.15) is 55.9 Å². The molecule has 0 fully saturated rings. The highest BCUT2D eigenvalue weighted by Crippen LogP contribution is 2.32. The first kappa shape index (κ1) is 21.6. The van der Waals surface area contributed by atoms with Crippen LogP contribution in [0.3, 0.4) is 0 Å². The smallest absolute Gasteiger partial charge is 0.264 e. The lowest BCUT2D eigenvalue weighted by atomic mass is 9.85. The first-order valence-electron chi connectivity index (χ1n) is 10.9. The van der Waals surface area contributed by atoms with Gasteiger partial charge in [0.25, 0.3) is 5.91 Å². The molecule has 0 unspecified atom stereocenters. The van der Waals surface area contributed by atoms with Crippen LogP contribution in [-0.2, 0) is 23.1 Å². The lowest BCUT2D eigenvalue weighted by molar-refractivity contribution is -0.118. The number of fused-ring (bicyclic) bond motifs is 1. The van der Waals surface area contributed by atoms with Gasteiger partial charge in [-0.3, -0.25) is 10.1 Å². The van der Waals surface area contributed by atoms with Crippen LogP contribution in [0.25, 0.3) is 11.3 Å². The summed E-state index contributed by atoms with van der Waals surface area (Å²) in [6.45, 7) is 8.46. The monoisotopic (exact) mass is 434 g/mol. The second-order valence-corrected chi connectivity index (χ2v) is 10.2. The van der Waals surface area contributed by atoms with Crippen molar-refractivity contribution in [3.05, 3.63) is 64.0 Å². The molecule has 0 saturated heterocycles. The normalized spacial score (nSPS) is 13.5. The summed E-state index contributed by atoms with van der Waals surface area (Å²) >= 11 is 1.44. The fourth-order valence-corrected chi connectivity index (χ4v) is 4.75. The van der Waals surface area contributed by atoms with E-state index >= 15 is 0 Å². The number of amides is 1. The van der Waals surface area contributed by atoms with Gasteiger partial charge in [0.15, 0.2) is 11.7 Å². The minimum Gasteiger partial charge on any atom is -0.483 e. The molecule has 4 rings (SSSR count). The highest BCUT2D eigenvalue weighted by Gasteiger charge is 2.20. The van der Waals surface area contributed by atoms with Crippen molar-refractivity contribution in [2.24, 2.45) is 0 Å². The number of anilines is 1. The summed E-state index contributed by atoms with van der Waals surface area (Å²) in [6, 6.07) is 12.7. The van der Waals surface area contributed by atoms with Gasteiger partial charge in [-0.25, -0.2) is 4.98 Å². The maximum absolute atomic E-state index is 12.5. The van der Waals surface area contributed by atoms with Gasteiger partial charge in [-0.05, 0) is 66.8 Å². The molecule has 0 bridgehead atoms. The molecule has 4 nitrogen and oxygen atoms in total.